The Balaban J connectivity index is 5.29. The standard InChI is InChI=1S/C17H30O4/c1-5-9-11-13-15(17(19)21-8-4)14(12-10-6-2)16(18)20-7-3/h5-13H2,1-4H3/b15-14-. The van der Waals surface area contributed by atoms with Crippen LogP contribution >= 0.6 is 0 Å². The van der Waals surface area contributed by atoms with Gasteiger partial charge in [-0.05, 0) is 39.5 Å². The highest BCUT2D eigenvalue weighted by molar-refractivity contribution is 6.00. The van der Waals surface area contributed by atoms with Crippen molar-refractivity contribution in [2.24, 2.45) is 0 Å². The van der Waals surface area contributed by atoms with Crippen molar-refractivity contribution < 1.29 is 19.1 Å². The molecule has 122 valence electrons. The smallest absolute Gasteiger partial charge is 0.334 e. The summed E-state index contributed by atoms with van der Waals surface area (Å²) in [6.45, 7) is 8.36. The van der Waals surface area contributed by atoms with Gasteiger partial charge in [-0.2, -0.15) is 0 Å². The van der Waals surface area contributed by atoms with E-state index in [0.717, 1.165) is 32.1 Å². The van der Waals surface area contributed by atoms with Crippen LogP contribution in [0.2, 0.25) is 0 Å². The Morgan fingerprint density at radius 1 is 0.667 bits per heavy atom. The first-order valence-corrected chi connectivity index (χ1v) is 8.18. The minimum absolute atomic E-state index is 0.319. The number of carbonyl (C=O) groups excluding carboxylic acids is 2. The number of unbranched alkanes of at least 4 members (excludes halogenated alkanes) is 3. The predicted molar refractivity (Wildman–Crippen MR) is 84.0 cm³/mol. The fourth-order valence-corrected chi connectivity index (χ4v) is 2.09. The summed E-state index contributed by atoms with van der Waals surface area (Å²) in [4.78, 5) is 24.3. The maximum absolute atomic E-state index is 12.2. The molecular formula is C17H30O4. The van der Waals surface area contributed by atoms with Gasteiger partial charge in [0.1, 0.15) is 0 Å². The summed E-state index contributed by atoms with van der Waals surface area (Å²) < 4.78 is 10.2. The van der Waals surface area contributed by atoms with Crippen LogP contribution in [0.1, 0.15) is 72.6 Å². The van der Waals surface area contributed by atoms with Crippen LogP contribution in [0.4, 0.5) is 0 Å². The molecule has 4 nitrogen and oxygen atoms in total. The van der Waals surface area contributed by atoms with Gasteiger partial charge in [0.25, 0.3) is 0 Å². The molecule has 0 atom stereocenters. The average Bonchev–Trinajstić information content (AvgIpc) is 2.46. The molecule has 0 aromatic heterocycles. The zero-order valence-electron chi connectivity index (χ0n) is 14.0. The van der Waals surface area contributed by atoms with Gasteiger partial charge in [-0.1, -0.05) is 33.1 Å². The van der Waals surface area contributed by atoms with E-state index in [1.165, 1.54) is 0 Å². The second kappa shape index (κ2) is 12.4. The maximum atomic E-state index is 12.2. The second-order valence-corrected chi connectivity index (χ2v) is 4.96. The second-order valence-electron chi connectivity index (χ2n) is 4.96. The first kappa shape index (κ1) is 19.7. The monoisotopic (exact) mass is 298 g/mol. The van der Waals surface area contributed by atoms with Crippen LogP contribution in [0.15, 0.2) is 11.1 Å². The zero-order chi connectivity index (χ0) is 16.1. The van der Waals surface area contributed by atoms with Crippen LogP contribution < -0.4 is 0 Å². The van der Waals surface area contributed by atoms with Gasteiger partial charge in [0, 0.05) is 11.1 Å². The fourth-order valence-electron chi connectivity index (χ4n) is 2.09. The molecule has 4 heteroatoms. The topological polar surface area (TPSA) is 52.6 Å². The van der Waals surface area contributed by atoms with Crippen molar-refractivity contribution >= 4 is 11.9 Å². The van der Waals surface area contributed by atoms with Crippen LogP contribution in [-0.2, 0) is 19.1 Å². The molecule has 0 fully saturated rings. The summed E-state index contributed by atoms with van der Waals surface area (Å²) in [6, 6.07) is 0. The van der Waals surface area contributed by atoms with Gasteiger partial charge in [-0.3, -0.25) is 0 Å². The number of ether oxygens (including phenoxy) is 2. The number of rotatable bonds is 11. The summed E-state index contributed by atoms with van der Waals surface area (Å²) in [5.41, 5.74) is 1.02. The van der Waals surface area contributed by atoms with E-state index in [1.54, 1.807) is 13.8 Å². The summed E-state index contributed by atoms with van der Waals surface area (Å²) in [5, 5.41) is 0. The van der Waals surface area contributed by atoms with Gasteiger partial charge in [0.2, 0.25) is 0 Å². The Morgan fingerprint density at radius 3 is 1.48 bits per heavy atom. The largest absolute Gasteiger partial charge is 0.463 e. The van der Waals surface area contributed by atoms with Crippen molar-refractivity contribution in [2.45, 2.75) is 72.6 Å². The highest BCUT2D eigenvalue weighted by Crippen LogP contribution is 2.21. The van der Waals surface area contributed by atoms with Gasteiger partial charge in [0.15, 0.2) is 0 Å². The van der Waals surface area contributed by atoms with Gasteiger partial charge in [0.05, 0.1) is 13.2 Å². The fraction of sp³-hybridized carbons (Fsp3) is 0.765. The van der Waals surface area contributed by atoms with Crippen molar-refractivity contribution in [3.8, 4) is 0 Å². The molecule has 0 rings (SSSR count). The minimum Gasteiger partial charge on any atom is -0.463 e. The molecule has 0 N–H and O–H groups in total. The number of esters is 2. The Hall–Kier alpha value is -1.32. The zero-order valence-corrected chi connectivity index (χ0v) is 14.0. The van der Waals surface area contributed by atoms with E-state index in [0.29, 0.717) is 37.2 Å². The molecule has 21 heavy (non-hydrogen) atoms. The third-order valence-electron chi connectivity index (χ3n) is 3.22. The van der Waals surface area contributed by atoms with Gasteiger partial charge < -0.3 is 9.47 Å². The Kier molecular flexibility index (Phi) is 11.6. The lowest BCUT2D eigenvalue weighted by Crippen LogP contribution is -2.17. The Bertz CT molecular complexity index is 345. The lowest BCUT2D eigenvalue weighted by Gasteiger charge is -2.13. The molecule has 0 aliphatic carbocycles. The Labute approximate surface area is 128 Å². The summed E-state index contributed by atoms with van der Waals surface area (Å²) in [7, 11) is 0. The SMILES string of the molecule is CCCCC/C(C(=O)OCC)=C(\CCCC)C(=O)OCC. The quantitative estimate of drug-likeness (QED) is 0.326. The molecule has 0 heterocycles. The lowest BCUT2D eigenvalue weighted by atomic mass is 9.97. The first-order valence-electron chi connectivity index (χ1n) is 8.18. The van der Waals surface area contributed by atoms with E-state index in [9.17, 15) is 9.59 Å². The van der Waals surface area contributed by atoms with Crippen molar-refractivity contribution in [1.29, 1.82) is 0 Å². The number of hydrogen-bond acceptors (Lipinski definition) is 4. The van der Waals surface area contributed by atoms with Crippen LogP contribution in [0.25, 0.3) is 0 Å². The van der Waals surface area contributed by atoms with E-state index >= 15 is 0 Å². The molecule has 0 radical (unpaired) electrons. The molecule has 0 amide bonds. The van der Waals surface area contributed by atoms with E-state index < -0.39 is 0 Å². The minimum atomic E-state index is -0.370. The van der Waals surface area contributed by atoms with Crippen molar-refractivity contribution in [3.05, 3.63) is 11.1 Å². The highest BCUT2D eigenvalue weighted by atomic mass is 16.5. The van der Waals surface area contributed by atoms with E-state index in [4.69, 9.17) is 9.47 Å². The van der Waals surface area contributed by atoms with Crippen LogP contribution in [0, 0.1) is 0 Å². The van der Waals surface area contributed by atoms with Gasteiger partial charge >= 0.3 is 11.9 Å². The molecule has 0 aromatic carbocycles. The predicted octanol–water partition coefficient (Wildman–Crippen LogP) is 4.18. The summed E-state index contributed by atoms with van der Waals surface area (Å²) in [6.07, 6.45) is 5.99. The third kappa shape index (κ3) is 7.88. The van der Waals surface area contributed by atoms with E-state index in [1.807, 2.05) is 0 Å². The lowest BCUT2D eigenvalue weighted by molar-refractivity contribution is -0.142. The molecule has 0 spiro atoms. The van der Waals surface area contributed by atoms with Crippen molar-refractivity contribution in [2.75, 3.05) is 13.2 Å². The normalized spacial score (nSPS) is 11.8. The molecule has 0 unspecified atom stereocenters. The van der Waals surface area contributed by atoms with Crippen molar-refractivity contribution in [1.82, 2.24) is 0 Å². The molecule has 0 aliphatic rings. The molecule has 0 aliphatic heterocycles. The molecule has 0 saturated heterocycles. The van der Waals surface area contributed by atoms with Gasteiger partial charge in [-0.15, -0.1) is 0 Å². The van der Waals surface area contributed by atoms with Crippen LogP contribution in [0.3, 0.4) is 0 Å². The number of carbonyl (C=O) groups is 2. The van der Waals surface area contributed by atoms with E-state index in [2.05, 4.69) is 13.8 Å². The molecular weight excluding hydrogens is 268 g/mol. The van der Waals surface area contributed by atoms with Crippen LogP contribution in [0.5, 0.6) is 0 Å². The highest BCUT2D eigenvalue weighted by Gasteiger charge is 2.22. The maximum Gasteiger partial charge on any atom is 0.334 e. The summed E-state index contributed by atoms with van der Waals surface area (Å²) >= 11 is 0. The average molecular weight is 298 g/mol. The molecule has 0 aromatic rings. The Morgan fingerprint density at radius 2 is 1.10 bits per heavy atom. The van der Waals surface area contributed by atoms with E-state index in [-0.39, 0.29) is 11.9 Å². The van der Waals surface area contributed by atoms with Gasteiger partial charge in [-0.25, -0.2) is 9.59 Å². The molecule has 0 bridgehead atoms. The van der Waals surface area contributed by atoms with Crippen LogP contribution in [-0.4, -0.2) is 25.2 Å². The number of hydrogen-bond donors (Lipinski definition) is 0. The summed E-state index contributed by atoms with van der Waals surface area (Å²) in [5.74, 6) is -0.738. The van der Waals surface area contributed by atoms with Crippen molar-refractivity contribution in [3.63, 3.8) is 0 Å². The molecule has 0 saturated carbocycles. The third-order valence-corrected chi connectivity index (χ3v) is 3.22. The first-order chi connectivity index (χ1) is 10.1.